The summed E-state index contributed by atoms with van der Waals surface area (Å²) < 4.78 is 17.1. The lowest BCUT2D eigenvalue weighted by Gasteiger charge is -2.42. The van der Waals surface area contributed by atoms with E-state index in [0.29, 0.717) is 0 Å². The smallest absolute Gasteiger partial charge is 0.269 e. The number of carbonyl (C=O) groups excluding carboxylic acids is 4. The number of nitrogens with one attached hydrogen (secondary N) is 1. The third-order valence-corrected chi connectivity index (χ3v) is 8.98. The molecule has 1 saturated heterocycles. The number of aromatic hydroxyl groups is 2. The van der Waals surface area contributed by atoms with Crippen LogP contribution in [0, 0.1) is 0 Å². The molecule has 51 heavy (non-hydrogen) atoms. The normalized spacial score (nSPS) is 25.3. The van der Waals surface area contributed by atoms with Gasteiger partial charge in [-0.15, -0.1) is 5.11 Å². The quantitative estimate of drug-likeness (QED) is 0.0804. The summed E-state index contributed by atoms with van der Waals surface area (Å²) in [6.07, 6.45) is -3.19. The fourth-order valence-electron chi connectivity index (χ4n) is 6.33. The Balaban J connectivity index is 0.000000328. The molecular weight excluding hydrogens is 670 g/mol. The number of fused-ring (bicyclic) bond motifs is 3. The van der Waals surface area contributed by atoms with Crippen molar-refractivity contribution in [3.8, 4) is 17.2 Å². The Hall–Kier alpha value is -5.27. The SMILES string of the molecule is CN(C)N=Nc1nc[nH]c1C(N)=O.COc1cccc2c1C(=O)c1c(O)c3c(c(O)c1C2=O)C[C@@](O)(C(C)=O)C[C@@H]3O[C@H]1C[C@H](N)[C@H](O)[C@H](C)O1. The van der Waals surface area contributed by atoms with Crippen molar-refractivity contribution in [1.82, 2.24) is 15.0 Å². The number of ether oxygens (including phenoxy) is 3. The molecule has 0 spiro atoms. The van der Waals surface area contributed by atoms with E-state index in [1.54, 1.807) is 21.0 Å². The number of phenolic OH excluding ortho intramolecular Hbond substituents is 2. The monoisotopic (exact) mass is 709 g/mol. The molecule has 1 aromatic heterocycles. The van der Waals surface area contributed by atoms with Crippen LogP contribution in [0.3, 0.4) is 0 Å². The standard InChI is InChI=1S/C27H29NO10.C6H10N6O/c1-10-22(30)14(28)7-17(37-10)38-16-9-27(35,11(2)29)8-13-19(16)26(34)21-20(24(13)32)23(31)12-5-4-6-15(36-3)18(12)25(21)33;1-12(2)11-10-6-4(5(7)13)8-3-9-6/h4-6,10,14,16-17,22,30,32,34-35H,7-9,28H2,1-3H3;3H,1-2H3,(H2,7,13)(H,8,9)/t10-,14-,16-,17-,22+,27-;/m0./s1. The number of rotatable bonds is 7. The number of hydrogen-bond donors (Lipinski definition) is 7. The molecule has 3 aliphatic rings. The number of amides is 1. The van der Waals surface area contributed by atoms with Gasteiger partial charge in [0, 0.05) is 56.1 Å². The van der Waals surface area contributed by atoms with Crippen LogP contribution in [0.2, 0.25) is 0 Å². The lowest BCUT2D eigenvalue weighted by molar-refractivity contribution is -0.247. The van der Waals surface area contributed by atoms with Crippen LogP contribution in [0.25, 0.3) is 0 Å². The third kappa shape index (κ3) is 6.78. The first-order valence-corrected chi connectivity index (χ1v) is 15.8. The van der Waals surface area contributed by atoms with Gasteiger partial charge in [0.2, 0.25) is 11.6 Å². The number of H-pyrrole nitrogens is 1. The predicted octanol–water partition coefficient (Wildman–Crippen LogP) is 1.10. The van der Waals surface area contributed by atoms with Gasteiger partial charge in [-0.2, -0.15) is 0 Å². The zero-order valence-corrected chi connectivity index (χ0v) is 28.4. The number of phenols is 2. The number of imidazole rings is 1. The average molecular weight is 710 g/mol. The number of methoxy groups -OCH3 is 1. The minimum absolute atomic E-state index is 0.0147. The molecule has 0 radical (unpaired) electrons. The van der Waals surface area contributed by atoms with Crippen LogP contribution in [-0.2, 0) is 20.7 Å². The van der Waals surface area contributed by atoms with Gasteiger partial charge in [-0.1, -0.05) is 17.4 Å². The Kier molecular flexibility index (Phi) is 10.3. The topological polar surface area (TPSA) is 286 Å². The second-order valence-electron chi connectivity index (χ2n) is 12.6. The first-order chi connectivity index (χ1) is 24.0. The fraction of sp³-hybridized carbons (Fsp3) is 0.424. The summed E-state index contributed by atoms with van der Waals surface area (Å²) in [7, 11) is 4.76. The number of benzene rings is 2. The van der Waals surface area contributed by atoms with Crippen molar-refractivity contribution in [2.45, 2.75) is 69.4 Å². The second kappa shape index (κ2) is 14.2. The van der Waals surface area contributed by atoms with Gasteiger partial charge < -0.3 is 51.1 Å². The van der Waals surface area contributed by atoms with E-state index in [1.165, 1.54) is 43.6 Å². The summed E-state index contributed by atoms with van der Waals surface area (Å²) in [5.74, 6) is -3.59. The number of aliphatic hydroxyl groups is 2. The number of aromatic amines is 1. The summed E-state index contributed by atoms with van der Waals surface area (Å²) in [6, 6.07) is 3.75. The van der Waals surface area contributed by atoms with Crippen LogP contribution in [-0.4, -0.2) is 110 Å². The third-order valence-electron chi connectivity index (χ3n) is 8.98. The van der Waals surface area contributed by atoms with Crippen LogP contribution >= 0.6 is 0 Å². The van der Waals surface area contributed by atoms with Crippen molar-refractivity contribution in [1.29, 1.82) is 0 Å². The summed E-state index contributed by atoms with van der Waals surface area (Å²) in [6.45, 7) is 2.79. The van der Waals surface area contributed by atoms with E-state index < -0.39 is 88.5 Å². The van der Waals surface area contributed by atoms with Crippen LogP contribution in [0.15, 0.2) is 34.9 Å². The molecule has 9 N–H and O–H groups in total. The van der Waals surface area contributed by atoms with E-state index in [1.807, 2.05) is 0 Å². The van der Waals surface area contributed by atoms with E-state index in [4.69, 9.17) is 25.7 Å². The molecule has 2 heterocycles. The molecular formula is C33H39N7O11. The Morgan fingerprint density at radius 3 is 2.43 bits per heavy atom. The number of hydrogen-bond acceptors (Lipinski definition) is 15. The number of nitrogens with zero attached hydrogens (tertiary/aromatic N) is 4. The molecule has 1 fully saturated rings. The molecule has 272 valence electrons. The van der Waals surface area contributed by atoms with Crippen molar-refractivity contribution in [2.75, 3.05) is 21.2 Å². The second-order valence-corrected chi connectivity index (χ2v) is 12.6. The van der Waals surface area contributed by atoms with Crippen LogP contribution < -0.4 is 16.2 Å². The lowest BCUT2D eigenvalue weighted by Crippen LogP contribution is -2.52. The van der Waals surface area contributed by atoms with Crippen molar-refractivity contribution in [3.05, 3.63) is 63.6 Å². The largest absolute Gasteiger partial charge is 0.507 e. The van der Waals surface area contributed by atoms with E-state index in [2.05, 4.69) is 20.3 Å². The van der Waals surface area contributed by atoms with E-state index >= 15 is 0 Å². The highest BCUT2D eigenvalue weighted by atomic mass is 16.7. The first-order valence-electron chi connectivity index (χ1n) is 15.8. The number of nitrogens with two attached hydrogens (primary N) is 2. The molecule has 3 aromatic rings. The van der Waals surface area contributed by atoms with Crippen molar-refractivity contribution >= 4 is 29.1 Å². The molecule has 6 rings (SSSR count). The van der Waals surface area contributed by atoms with Gasteiger partial charge >= 0.3 is 0 Å². The van der Waals surface area contributed by atoms with Gasteiger partial charge in [0.1, 0.15) is 22.8 Å². The fourth-order valence-corrected chi connectivity index (χ4v) is 6.33. The molecule has 0 saturated carbocycles. The maximum Gasteiger partial charge on any atom is 0.269 e. The lowest BCUT2D eigenvalue weighted by atomic mass is 9.72. The predicted molar refractivity (Wildman–Crippen MR) is 176 cm³/mol. The molecule has 1 aliphatic heterocycles. The van der Waals surface area contributed by atoms with Crippen molar-refractivity contribution < 1.29 is 53.8 Å². The van der Waals surface area contributed by atoms with E-state index in [9.17, 15) is 39.6 Å². The molecule has 18 nitrogen and oxygen atoms in total. The number of carbonyl (C=O) groups is 4. The number of Topliss-reactive ketones (excluding diaryl/α,β-unsaturated/α-hetero) is 1. The van der Waals surface area contributed by atoms with E-state index in [-0.39, 0.29) is 52.4 Å². The van der Waals surface area contributed by atoms with Crippen LogP contribution in [0.5, 0.6) is 17.2 Å². The Bertz CT molecular complexity index is 1910. The van der Waals surface area contributed by atoms with Crippen molar-refractivity contribution in [2.24, 2.45) is 21.8 Å². The summed E-state index contributed by atoms with van der Waals surface area (Å²) >= 11 is 0. The van der Waals surface area contributed by atoms with Gasteiger partial charge in [0.15, 0.2) is 23.6 Å². The molecule has 2 aliphatic carbocycles. The van der Waals surface area contributed by atoms with Crippen LogP contribution in [0.4, 0.5) is 5.82 Å². The summed E-state index contributed by atoms with van der Waals surface area (Å²) in [5, 5.41) is 53.0. The van der Waals surface area contributed by atoms with Gasteiger partial charge in [-0.25, -0.2) is 4.98 Å². The van der Waals surface area contributed by atoms with E-state index in [0.717, 1.165) is 0 Å². The maximum absolute atomic E-state index is 13.6. The van der Waals surface area contributed by atoms with Gasteiger partial charge in [-0.05, 0) is 19.9 Å². The summed E-state index contributed by atoms with van der Waals surface area (Å²) in [4.78, 5) is 56.7. The zero-order chi connectivity index (χ0) is 37.5. The number of aromatic nitrogens is 2. The minimum atomic E-state index is -2.00. The average Bonchev–Trinajstić information content (AvgIpc) is 3.56. The molecule has 1 amide bonds. The number of primary amides is 1. The highest BCUT2D eigenvalue weighted by molar-refractivity contribution is 6.31. The molecule has 2 aromatic carbocycles. The highest BCUT2D eigenvalue weighted by Crippen LogP contribution is 2.52. The van der Waals surface area contributed by atoms with Gasteiger partial charge in [0.05, 0.1) is 48.4 Å². The van der Waals surface area contributed by atoms with Crippen LogP contribution in [0.1, 0.15) is 86.3 Å². The summed E-state index contributed by atoms with van der Waals surface area (Å²) in [5.41, 5.74) is 8.17. The number of ketones is 3. The number of aliphatic hydroxyl groups excluding tert-OH is 1. The molecule has 18 heteroatoms. The van der Waals surface area contributed by atoms with Gasteiger partial charge in [-0.3, -0.25) is 24.2 Å². The minimum Gasteiger partial charge on any atom is -0.507 e. The molecule has 0 bridgehead atoms. The Morgan fingerprint density at radius 1 is 1.14 bits per heavy atom. The molecule has 0 unspecified atom stereocenters. The Morgan fingerprint density at radius 2 is 1.82 bits per heavy atom. The van der Waals surface area contributed by atoms with Gasteiger partial charge in [0.25, 0.3) is 5.91 Å². The molecule has 6 atom stereocenters. The zero-order valence-electron chi connectivity index (χ0n) is 28.4. The Labute approximate surface area is 291 Å². The highest BCUT2D eigenvalue weighted by Gasteiger charge is 2.49. The first kappa shape index (κ1) is 37.0. The van der Waals surface area contributed by atoms with Crippen molar-refractivity contribution in [3.63, 3.8) is 0 Å². The maximum atomic E-state index is 13.6.